The Kier molecular flexibility index (Phi) is 3.89. The zero-order valence-corrected chi connectivity index (χ0v) is 12.3. The number of rotatable bonds is 3. The molecule has 2 amide bonds. The SMILES string of the molecule is CCC(C)(C(=O)O)N1C(=O)CC2(CCCCCC2)C1=O. The second kappa shape index (κ2) is 5.19. The van der Waals surface area contributed by atoms with Crippen molar-refractivity contribution >= 4 is 17.8 Å². The largest absolute Gasteiger partial charge is 0.479 e. The van der Waals surface area contributed by atoms with Crippen LogP contribution in [0.4, 0.5) is 0 Å². The van der Waals surface area contributed by atoms with Gasteiger partial charge in [0.25, 0.3) is 0 Å². The molecule has 1 spiro atoms. The van der Waals surface area contributed by atoms with Crippen LogP contribution in [0.25, 0.3) is 0 Å². The van der Waals surface area contributed by atoms with Gasteiger partial charge in [0, 0.05) is 6.42 Å². The molecule has 0 radical (unpaired) electrons. The molecule has 1 atom stereocenters. The molecule has 0 aromatic rings. The van der Waals surface area contributed by atoms with E-state index in [4.69, 9.17) is 0 Å². The van der Waals surface area contributed by atoms with Crippen molar-refractivity contribution in [2.24, 2.45) is 5.41 Å². The Labute approximate surface area is 119 Å². The van der Waals surface area contributed by atoms with E-state index in [0.717, 1.165) is 30.6 Å². The first-order chi connectivity index (χ1) is 9.37. The minimum absolute atomic E-state index is 0.189. The number of amides is 2. The lowest BCUT2D eigenvalue weighted by molar-refractivity contribution is -0.163. The fraction of sp³-hybridized carbons (Fsp3) is 0.800. The molecule has 0 bridgehead atoms. The van der Waals surface area contributed by atoms with Crippen LogP contribution in [0.1, 0.15) is 65.2 Å². The average molecular weight is 281 g/mol. The summed E-state index contributed by atoms with van der Waals surface area (Å²) in [6.45, 7) is 3.17. The molecule has 0 aromatic heterocycles. The number of carbonyl (C=O) groups is 3. The molecule has 20 heavy (non-hydrogen) atoms. The van der Waals surface area contributed by atoms with Crippen LogP contribution in [0.3, 0.4) is 0 Å². The summed E-state index contributed by atoms with van der Waals surface area (Å²) in [5.74, 6) is -1.67. The highest BCUT2D eigenvalue weighted by atomic mass is 16.4. The van der Waals surface area contributed by atoms with Gasteiger partial charge in [-0.25, -0.2) is 4.79 Å². The Hall–Kier alpha value is -1.39. The van der Waals surface area contributed by atoms with Gasteiger partial charge >= 0.3 is 5.97 Å². The summed E-state index contributed by atoms with van der Waals surface area (Å²) in [6, 6.07) is 0. The van der Waals surface area contributed by atoms with E-state index in [2.05, 4.69) is 0 Å². The lowest BCUT2D eigenvalue weighted by Gasteiger charge is -2.34. The maximum Gasteiger partial charge on any atom is 0.329 e. The van der Waals surface area contributed by atoms with Crippen molar-refractivity contribution in [1.29, 1.82) is 0 Å². The molecule has 2 rings (SSSR count). The number of imide groups is 1. The summed E-state index contributed by atoms with van der Waals surface area (Å²) in [5, 5.41) is 9.42. The second-order valence-electron chi connectivity index (χ2n) is 6.34. The van der Waals surface area contributed by atoms with Crippen LogP contribution < -0.4 is 0 Å². The first kappa shape index (κ1) is 15.0. The van der Waals surface area contributed by atoms with E-state index in [1.54, 1.807) is 6.92 Å². The van der Waals surface area contributed by atoms with E-state index in [1.165, 1.54) is 6.92 Å². The fourth-order valence-electron chi connectivity index (χ4n) is 3.49. The van der Waals surface area contributed by atoms with Crippen LogP contribution in [-0.2, 0) is 14.4 Å². The molecule has 1 saturated carbocycles. The van der Waals surface area contributed by atoms with E-state index in [-0.39, 0.29) is 24.7 Å². The van der Waals surface area contributed by atoms with Gasteiger partial charge < -0.3 is 5.11 Å². The predicted molar refractivity (Wildman–Crippen MR) is 72.9 cm³/mol. The highest BCUT2D eigenvalue weighted by molar-refractivity contribution is 6.09. The molecule has 112 valence electrons. The minimum atomic E-state index is -1.41. The molecule has 5 heteroatoms. The van der Waals surface area contributed by atoms with Crippen LogP contribution in [0.2, 0.25) is 0 Å². The van der Waals surface area contributed by atoms with Crippen molar-refractivity contribution in [3.05, 3.63) is 0 Å². The van der Waals surface area contributed by atoms with Gasteiger partial charge in [-0.1, -0.05) is 32.6 Å². The van der Waals surface area contributed by atoms with E-state index in [0.29, 0.717) is 12.8 Å². The zero-order chi connectivity index (χ0) is 15.0. The number of carbonyl (C=O) groups excluding carboxylic acids is 2. The van der Waals surface area contributed by atoms with Gasteiger partial charge in [0.2, 0.25) is 11.8 Å². The molecule has 2 aliphatic rings. The highest BCUT2D eigenvalue weighted by Crippen LogP contribution is 2.46. The van der Waals surface area contributed by atoms with E-state index in [1.807, 2.05) is 0 Å². The van der Waals surface area contributed by atoms with Gasteiger partial charge in [0.1, 0.15) is 5.54 Å². The Morgan fingerprint density at radius 2 is 1.80 bits per heavy atom. The lowest BCUT2D eigenvalue weighted by Crippen LogP contribution is -2.55. The van der Waals surface area contributed by atoms with E-state index in [9.17, 15) is 19.5 Å². The minimum Gasteiger partial charge on any atom is -0.479 e. The molecular weight excluding hydrogens is 258 g/mol. The van der Waals surface area contributed by atoms with Crippen LogP contribution in [0, 0.1) is 5.41 Å². The Balaban J connectivity index is 2.35. The molecule has 2 fully saturated rings. The number of nitrogens with zero attached hydrogens (tertiary/aromatic N) is 1. The van der Waals surface area contributed by atoms with Gasteiger partial charge in [0.05, 0.1) is 5.41 Å². The molecule has 1 aliphatic heterocycles. The predicted octanol–water partition coefficient (Wildman–Crippen LogP) is 2.34. The molecule has 1 unspecified atom stereocenters. The third-order valence-electron chi connectivity index (χ3n) is 5.10. The summed E-state index contributed by atoms with van der Waals surface area (Å²) in [6.07, 6.45) is 5.93. The van der Waals surface area contributed by atoms with Crippen molar-refractivity contribution in [3.63, 3.8) is 0 Å². The molecule has 0 aromatic carbocycles. The fourth-order valence-corrected chi connectivity index (χ4v) is 3.49. The summed E-state index contributed by atoms with van der Waals surface area (Å²) in [4.78, 5) is 37.7. The number of carboxylic acid groups (broad SMARTS) is 1. The van der Waals surface area contributed by atoms with Gasteiger partial charge in [-0.2, -0.15) is 0 Å². The van der Waals surface area contributed by atoms with Crippen molar-refractivity contribution in [2.75, 3.05) is 0 Å². The van der Waals surface area contributed by atoms with Crippen molar-refractivity contribution in [2.45, 2.75) is 70.8 Å². The van der Waals surface area contributed by atoms with Gasteiger partial charge in [-0.15, -0.1) is 0 Å². The topological polar surface area (TPSA) is 74.7 Å². The average Bonchev–Trinajstić information content (AvgIpc) is 2.58. The highest BCUT2D eigenvalue weighted by Gasteiger charge is 2.57. The number of hydrogen-bond donors (Lipinski definition) is 1. The zero-order valence-electron chi connectivity index (χ0n) is 12.3. The molecule has 1 heterocycles. The summed E-state index contributed by atoms with van der Waals surface area (Å²) in [5.41, 5.74) is -2.04. The van der Waals surface area contributed by atoms with Crippen molar-refractivity contribution in [3.8, 4) is 0 Å². The second-order valence-corrected chi connectivity index (χ2v) is 6.34. The van der Waals surface area contributed by atoms with Crippen LogP contribution in [0.5, 0.6) is 0 Å². The first-order valence-corrected chi connectivity index (χ1v) is 7.48. The van der Waals surface area contributed by atoms with E-state index >= 15 is 0 Å². The third-order valence-corrected chi connectivity index (χ3v) is 5.10. The molecule has 5 nitrogen and oxygen atoms in total. The van der Waals surface area contributed by atoms with Crippen molar-refractivity contribution < 1.29 is 19.5 Å². The normalized spacial score (nSPS) is 25.6. The van der Waals surface area contributed by atoms with Crippen LogP contribution >= 0.6 is 0 Å². The Bertz CT molecular complexity index is 437. The number of hydrogen-bond acceptors (Lipinski definition) is 3. The van der Waals surface area contributed by atoms with Crippen LogP contribution in [-0.4, -0.2) is 33.3 Å². The number of aliphatic carboxylic acids is 1. The standard InChI is InChI=1S/C15H23NO4/c1-3-14(2,13(19)20)16-11(17)10-15(12(16)18)8-6-4-5-7-9-15/h3-10H2,1-2H3,(H,19,20). The van der Waals surface area contributed by atoms with Gasteiger partial charge in [0.15, 0.2) is 0 Å². The number of likely N-dealkylation sites (tertiary alicyclic amines) is 1. The summed E-state index contributed by atoms with van der Waals surface area (Å²) in [7, 11) is 0. The monoisotopic (exact) mass is 281 g/mol. The smallest absolute Gasteiger partial charge is 0.329 e. The Morgan fingerprint density at radius 3 is 2.25 bits per heavy atom. The third kappa shape index (κ3) is 2.13. The Morgan fingerprint density at radius 1 is 1.25 bits per heavy atom. The molecular formula is C15H23NO4. The van der Waals surface area contributed by atoms with Gasteiger partial charge in [-0.05, 0) is 26.2 Å². The molecule has 1 aliphatic carbocycles. The van der Waals surface area contributed by atoms with Crippen molar-refractivity contribution in [1.82, 2.24) is 4.90 Å². The van der Waals surface area contributed by atoms with E-state index < -0.39 is 16.9 Å². The van der Waals surface area contributed by atoms with Gasteiger partial charge in [-0.3, -0.25) is 14.5 Å². The molecule has 1 saturated heterocycles. The lowest BCUT2D eigenvalue weighted by atomic mass is 9.78. The number of carboxylic acids is 1. The quantitative estimate of drug-likeness (QED) is 0.806. The maximum absolute atomic E-state index is 12.8. The van der Waals surface area contributed by atoms with Crippen LogP contribution in [0.15, 0.2) is 0 Å². The summed E-state index contributed by atoms with van der Waals surface area (Å²) >= 11 is 0. The molecule has 1 N–H and O–H groups in total. The maximum atomic E-state index is 12.8. The summed E-state index contributed by atoms with van der Waals surface area (Å²) < 4.78 is 0. The first-order valence-electron chi connectivity index (χ1n) is 7.48.